The van der Waals surface area contributed by atoms with Crippen molar-refractivity contribution in [3.05, 3.63) is 48.5 Å². The van der Waals surface area contributed by atoms with Crippen LogP contribution in [0.1, 0.15) is 0 Å². The maximum Gasteiger partial charge on any atom is 0.161 e. The lowest BCUT2D eigenvalue weighted by Crippen LogP contribution is -2.13. The predicted molar refractivity (Wildman–Crippen MR) is 98.6 cm³/mol. The molecular formula is C20H26O6. The van der Waals surface area contributed by atoms with E-state index in [2.05, 4.69) is 0 Å². The number of hydrogen-bond donors (Lipinski definition) is 0. The predicted octanol–water partition coefficient (Wildman–Crippen LogP) is 3.19. The second kappa shape index (κ2) is 12.0. The highest BCUT2D eigenvalue weighted by Crippen LogP contribution is 2.26. The largest absolute Gasteiger partial charge is 0.493 e. The topological polar surface area (TPSA) is 55.4 Å². The summed E-state index contributed by atoms with van der Waals surface area (Å²) >= 11 is 0. The summed E-state index contributed by atoms with van der Waals surface area (Å²) in [5.41, 5.74) is 0. The van der Waals surface area contributed by atoms with E-state index in [1.165, 1.54) is 0 Å². The summed E-state index contributed by atoms with van der Waals surface area (Å²) < 4.78 is 32.6. The molecule has 0 amide bonds. The number of hydrogen-bond acceptors (Lipinski definition) is 6. The lowest BCUT2D eigenvalue weighted by Gasteiger charge is -2.11. The quantitative estimate of drug-likeness (QED) is 0.510. The molecule has 2 rings (SSSR count). The number of ether oxygens (including phenoxy) is 6. The van der Waals surface area contributed by atoms with Crippen molar-refractivity contribution >= 4 is 0 Å². The fourth-order valence-corrected chi connectivity index (χ4v) is 2.22. The van der Waals surface area contributed by atoms with E-state index in [1.54, 1.807) is 14.2 Å². The van der Waals surface area contributed by atoms with Crippen LogP contribution in [0.5, 0.6) is 23.0 Å². The first kappa shape index (κ1) is 19.9. The average Bonchev–Trinajstić information content (AvgIpc) is 2.70. The van der Waals surface area contributed by atoms with E-state index in [9.17, 15) is 0 Å². The Labute approximate surface area is 154 Å². The van der Waals surface area contributed by atoms with E-state index in [0.717, 1.165) is 0 Å². The molecule has 0 bridgehead atoms. The molecule has 2 aromatic rings. The van der Waals surface area contributed by atoms with Crippen LogP contribution in [0.25, 0.3) is 0 Å². The zero-order valence-corrected chi connectivity index (χ0v) is 15.3. The molecule has 0 heterocycles. The van der Waals surface area contributed by atoms with E-state index in [0.29, 0.717) is 62.6 Å². The number of para-hydroxylation sites is 4. The lowest BCUT2D eigenvalue weighted by molar-refractivity contribution is 0.0269. The van der Waals surface area contributed by atoms with Crippen molar-refractivity contribution in [2.45, 2.75) is 0 Å². The monoisotopic (exact) mass is 362 g/mol. The fourth-order valence-electron chi connectivity index (χ4n) is 2.22. The van der Waals surface area contributed by atoms with Crippen LogP contribution in [0.4, 0.5) is 0 Å². The molecule has 6 nitrogen and oxygen atoms in total. The SMILES string of the molecule is COc1ccccc1OCCOCCOCCOc1ccccc1OC. The van der Waals surface area contributed by atoms with Gasteiger partial charge < -0.3 is 28.4 Å². The van der Waals surface area contributed by atoms with E-state index >= 15 is 0 Å². The molecule has 0 N–H and O–H groups in total. The van der Waals surface area contributed by atoms with Crippen molar-refractivity contribution in [2.75, 3.05) is 53.9 Å². The van der Waals surface area contributed by atoms with Crippen molar-refractivity contribution in [2.24, 2.45) is 0 Å². The first-order chi connectivity index (χ1) is 12.8. The summed E-state index contributed by atoms with van der Waals surface area (Å²) in [7, 11) is 3.24. The summed E-state index contributed by atoms with van der Waals surface area (Å²) in [6.07, 6.45) is 0. The Morgan fingerprint density at radius 3 is 1.23 bits per heavy atom. The molecule has 0 fully saturated rings. The minimum Gasteiger partial charge on any atom is -0.493 e. The first-order valence-corrected chi connectivity index (χ1v) is 8.52. The molecule has 142 valence electrons. The zero-order valence-electron chi connectivity index (χ0n) is 15.3. The third-order valence-electron chi connectivity index (χ3n) is 3.48. The Balaban J connectivity index is 1.47. The average molecular weight is 362 g/mol. The Morgan fingerprint density at radius 2 is 0.846 bits per heavy atom. The van der Waals surface area contributed by atoms with Crippen molar-refractivity contribution < 1.29 is 28.4 Å². The van der Waals surface area contributed by atoms with Crippen LogP contribution in [0, 0.1) is 0 Å². The highest BCUT2D eigenvalue weighted by atomic mass is 16.6. The van der Waals surface area contributed by atoms with Gasteiger partial charge in [-0.15, -0.1) is 0 Å². The molecule has 0 radical (unpaired) electrons. The van der Waals surface area contributed by atoms with Gasteiger partial charge >= 0.3 is 0 Å². The van der Waals surface area contributed by atoms with Crippen LogP contribution in [0.3, 0.4) is 0 Å². The third kappa shape index (κ3) is 6.82. The molecule has 26 heavy (non-hydrogen) atoms. The van der Waals surface area contributed by atoms with Gasteiger partial charge in [-0.2, -0.15) is 0 Å². The minimum atomic E-state index is 0.456. The van der Waals surface area contributed by atoms with Crippen molar-refractivity contribution in [1.29, 1.82) is 0 Å². The van der Waals surface area contributed by atoms with Gasteiger partial charge in [-0.1, -0.05) is 24.3 Å². The molecule has 0 spiro atoms. The first-order valence-electron chi connectivity index (χ1n) is 8.52. The third-order valence-corrected chi connectivity index (χ3v) is 3.48. The molecule has 6 heteroatoms. The van der Waals surface area contributed by atoms with Crippen LogP contribution in [-0.2, 0) is 9.47 Å². The fraction of sp³-hybridized carbons (Fsp3) is 0.400. The van der Waals surface area contributed by atoms with Crippen molar-refractivity contribution in [1.82, 2.24) is 0 Å². The molecule has 0 aliphatic carbocycles. The smallest absolute Gasteiger partial charge is 0.161 e. The van der Waals surface area contributed by atoms with Gasteiger partial charge in [0.25, 0.3) is 0 Å². The molecule has 0 unspecified atom stereocenters. The van der Waals surface area contributed by atoms with Crippen LogP contribution in [0.15, 0.2) is 48.5 Å². The van der Waals surface area contributed by atoms with Gasteiger partial charge in [-0.25, -0.2) is 0 Å². The summed E-state index contributed by atoms with van der Waals surface area (Å²) in [6, 6.07) is 15.1. The summed E-state index contributed by atoms with van der Waals surface area (Å²) in [5.74, 6) is 2.85. The zero-order chi connectivity index (χ0) is 18.5. The van der Waals surface area contributed by atoms with Gasteiger partial charge in [-0.05, 0) is 24.3 Å². The molecule has 2 aromatic carbocycles. The maximum absolute atomic E-state index is 5.62. The molecule has 0 aromatic heterocycles. The Kier molecular flexibility index (Phi) is 9.18. The maximum atomic E-state index is 5.62. The van der Waals surface area contributed by atoms with Crippen LogP contribution in [0.2, 0.25) is 0 Å². The van der Waals surface area contributed by atoms with Gasteiger partial charge in [-0.3, -0.25) is 0 Å². The Bertz CT molecular complexity index is 576. The number of benzene rings is 2. The Morgan fingerprint density at radius 1 is 0.500 bits per heavy atom. The van der Waals surface area contributed by atoms with Gasteiger partial charge in [0.15, 0.2) is 23.0 Å². The summed E-state index contributed by atoms with van der Waals surface area (Å²) in [4.78, 5) is 0. The van der Waals surface area contributed by atoms with E-state index in [1.807, 2.05) is 48.5 Å². The Hall–Kier alpha value is -2.44. The molecule has 0 aliphatic heterocycles. The number of methoxy groups -OCH3 is 2. The van der Waals surface area contributed by atoms with Crippen molar-refractivity contribution in [3.63, 3.8) is 0 Å². The molecular weight excluding hydrogens is 336 g/mol. The van der Waals surface area contributed by atoms with Crippen molar-refractivity contribution in [3.8, 4) is 23.0 Å². The summed E-state index contributed by atoms with van der Waals surface area (Å²) in [6.45, 7) is 2.89. The number of rotatable bonds is 13. The van der Waals surface area contributed by atoms with Gasteiger partial charge in [0.2, 0.25) is 0 Å². The molecule has 0 saturated heterocycles. The normalized spacial score (nSPS) is 10.4. The van der Waals surface area contributed by atoms with Crippen LogP contribution >= 0.6 is 0 Å². The molecule has 0 aliphatic rings. The van der Waals surface area contributed by atoms with E-state index in [-0.39, 0.29) is 0 Å². The standard InChI is InChI=1S/C20H26O6/c1-21-17-7-3-5-9-19(17)25-15-13-23-11-12-24-14-16-26-20-10-6-4-8-18(20)22-2/h3-10H,11-16H2,1-2H3. The molecule has 0 atom stereocenters. The van der Waals surface area contributed by atoms with Gasteiger partial charge in [0, 0.05) is 0 Å². The minimum absolute atomic E-state index is 0.456. The van der Waals surface area contributed by atoms with E-state index in [4.69, 9.17) is 28.4 Å². The highest BCUT2D eigenvalue weighted by molar-refractivity contribution is 5.39. The van der Waals surface area contributed by atoms with Gasteiger partial charge in [0.1, 0.15) is 13.2 Å². The summed E-state index contributed by atoms with van der Waals surface area (Å²) in [5, 5.41) is 0. The van der Waals surface area contributed by atoms with E-state index < -0.39 is 0 Å². The van der Waals surface area contributed by atoms with Gasteiger partial charge in [0.05, 0.1) is 40.6 Å². The molecule has 0 saturated carbocycles. The highest BCUT2D eigenvalue weighted by Gasteiger charge is 2.03. The second-order valence-electron chi connectivity index (χ2n) is 5.22. The lowest BCUT2D eigenvalue weighted by atomic mass is 10.3. The second-order valence-corrected chi connectivity index (χ2v) is 5.22. The van der Waals surface area contributed by atoms with Crippen LogP contribution < -0.4 is 18.9 Å². The van der Waals surface area contributed by atoms with Crippen LogP contribution in [-0.4, -0.2) is 53.9 Å².